The zero-order valence-corrected chi connectivity index (χ0v) is 12.1. The van der Waals surface area contributed by atoms with Crippen LogP contribution in [0.4, 0.5) is 0 Å². The van der Waals surface area contributed by atoms with Crippen LogP contribution in [-0.2, 0) is 19.4 Å². The van der Waals surface area contributed by atoms with Crippen molar-refractivity contribution < 1.29 is 4.79 Å². The highest BCUT2D eigenvalue weighted by molar-refractivity contribution is 5.94. The standard InChI is InChI=1S/C18H21NO/c1-3-15-10-11-17(12-16(15)4-2)18(20)19-13-14-8-6-5-7-9-14/h5-12H,3-4,13H2,1-2H3,(H,19,20). The normalized spacial score (nSPS) is 10.3. The Morgan fingerprint density at radius 2 is 1.65 bits per heavy atom. The summed E-state index contributed by atoms with van der Waals surface area (Å²) in [6, 6.07) is 15.9. The van der Waals surface area contributed by atoms with E-state index >= 15 is 0 Å². The number of benzene rings is 2. The van der Waals surface area contributed by atoms with Gasteiger partial charge >= 0.3 is 0 Å². The van der Waals surface area contributed by atoms with Gasteiger partial charge in [-0.15, -0.1) is 0 Å². The first-order valence-electron chi connectivity index (χ1n) is 7.18. The number of carbonyl (C=O) groups excluding carboxylic acids is 1. The van der Waals surface area contributed by atoms with E-state index in [1.807, 2.05) is 42.5 Å². The average molecular weight is 267 g/mol. The van der Waals surface area contributed by atoms with Crippen LogP contribution in [0.5, 0.6) is 0 Å². The zero-order valence-electron chi connectivity index (χ0n) is 12.1. The molecule has 0 aliphatic rings. The molecule has 2 aromatic carbocycles. The van der Waals surface area contributed by atoms with Crippen LogP contribution in [0.2, 0.25) is 0 Å². The SMILES string of the molecule is CCc1ccc(C(=O)NCc2ccccc2)cc1CC. The number of amides is 1. The van der Waals surface area contributed by atoms with E-state index in [0.29, 0.717) is 6.54 Å². The van der Waals surface area contributed by atoms with Crippen LogP contribution < -0.4 is 5.32 Å². The van der Waals surface area contributed by atoms with E-state index in [4.69, 9.17) is 0 Å². The van der Waals surface area contributed by atoms with E-state index in [9.17, 15) is 4.79 Å². The minimum atomic E-state index is -0.00814. The van der Waals surface area contributed by atoms with Crippen LogP contribution >= 0.6 is 0 Å². The fourth-order valence-corrected chi connectivity index (χ4v) is 2.32. The Kier molecular flexibility index (Phi) is 4.94. The topological polar surface area (TPSA) is 29.1 Å². The minimum absolute atomic E-state index is 0.00814. The number of aryl methyl sites for hydroxylation is 2. The van der Waals surface area contributed by atoms with Crippen LogP contribution in [0.25, 0.3) is 0 Å². The molecule has 0 unspecified atom stereocenters. The molecule has 0 fully saturated rings. The molecule has 0 atom stereocenters. The summed E-state index contributed by atoms with van der Waals surface area (Å²) in [5, 5.41) is 2.97. The predicted molar refractivity (Wildman–Crippen MR) is 82.8 cm³/mol. The fraction of sp³-hybridized carbons (Fsp3) is 0.278. The molecule has 0 spiro atoms. The van der Waals surface area contributed by atoms with Gasteiger partial charge in [0.25, 0.3) is 5.91 Å². The van der Waals surface area contributed by atoms with Gasteiger partial charge in [0.05, 0.1) is 0 Å². The zero-order chi connectivity index (χ0) is 14.4. The van der Waals surface area contributed by atoms with E-state index in [0.717, 1.165) is 24.0 Å². The molecule has 1 amide bonds. The molecule has 2 rings (SSSR count). The number of carbonyl (C=O) groups is 1. The van der Waals surface area contributed by atoms with Gasteiger partial charge in [0.2, 0.25) is 0 Å². The third-order valence-corrected chi connectivity index (χ3v) is 3.53. The molecular weight excluding hydrogens is 246 g/mol. The lowest BCUT2D eigenvalue weighted by atomic mass is 10.00. The lowest BCUT2D eigenvalue weighted by Crippen LogP contribution is -2.23. The molecule has 2 heteroatoms. The summed E-state index contributed by atoms with van der Waals surface area (Å²) >= 11 is 0. The van der Waals surface area contributed by atoms with Gasteiger partial charge in [0.15, 0.2) is 0 Å². The van der Waals surface area contributed by atoms with Crippen molar-refractivity contribution in [1.82, 2.24) is 5.32 Å². The predicted octanol–water partition coefficient (Wildman–Crippen LogP) is 3.74. The lowest BCUT2D eigenvalue weighted by Gasteiger charge is -2.09. The van der Waals surface area contributed by atoms with Gasteiger partial charge in [-0.3, -0.25) is 4.79 Å². The van der Waals surface area contributed by atoms with Crippen molar-refractivity contribution in [3.05, 3.63) is 70.8 Å². The monoisotopic (exact) mass is 267 g/mol. The van der Waals surface area contributed by atoms with Crippen molar-refractivity contribution in [2.45, 2.75) is 33.2 Å². The van der Waals surface area contributed by atoms with Crippen LogP contribution in [0.3, 0.4) is 0 Å². The van der Waals surface area contributed by atoms with Gasteiger partial charge in [-0.05, 0) is 41.7 Å². The Hall–Kier alpha value is -2.09. The van der Waals surface area contributed by atoms with Gasteiger partial charge < -0.3 is 5.32 Å². The van der Waals surface area contributed by atoms with Crippen molar-refractivity contribution >= 4 is 5.91 Å². The van der Waals surface area contributed by atoms with Crippen LogP contribution in [0.15, 0.2) is 48.5 Å². The van der Waals surface area contributed by atoms with Gasteiger partial charge in [0.1, 0.15) is 0 Å². The van der Waals surface area contributed by atoms with Gasteiger partial charge in [-0.25, -0.2) is 0 Å². The van der Waals surface area contributed by atoms with E-state index in [1.165, 1.54) is 11.1 Å². The molecule has 104 valence electrons. The number of hydrogen-bond donors (Lipinski definition) is 1. The molecule has 0 bridgehead atoms. The Morgan fingerprint density at radius 1 is 0.950 bits per heavy atom. The molecule has 0 heterocycles. The van der Waals surface area contributed by atoms with E-state index in [-0.39, 0.29) is 5.91 Å². The van der Waals surface area contributed by atoms with Gasteiger partial charge in [-0.1, -0.05) is 50.2 Å². The van der Waals surface area contributed by atoms with Crippen LogP contribution in [-0.4, -0.2) is 5.91 Å². The largest absolute Gasteiger partial charge is 0.348 e. The van der Waals surface area contributed by atoms with Crippen molar-refractivity contribution in [3.8, 4) is 0 Å². The maximum absolute atomic E-state index is 12.2. The molecule has 2 aromatic rings. The Labute approximate surface area is 120 Å². The molecule has 0 aromatic heterocycles. The first-order chi connectivity index (χ1) is 9.74. The molecule has 0 aliphatic heterocycles. The number of nitrogens with one attached hydrogen (secondary N) is 1. The highest BCUT2D eigenvalue weighted by atomic mass is 16.1. The van der Waals surface area contributed by atoms with E-state index < -0.39 is 0 Å². The Morgan fingerprint density at radius 3 is 2.30 bits per heavy atom. The third kappa shape index (κ3) is 3.47. The smallest absolute Gasteiger partial charge is 0.251 e. The number of rotatable bonds is 5. The summed E-state index contributed by atoms with van der Waals surface area (Å²) in [5.41, 5.74) is 4.45. The van der Waals surface area contributed by atoms with Crippen molar-refractivity contribution in [1.29, 1.82) is 0 Å². The summed E-state index contributed by atoms with van der Waals surface area (Å²) in [4.78, 5) is 12.2. The highest BCUT2D eigenvalue weighted by Crippen LogP contribution is 2.14. The summed E-state index contributed by atoms with van der Waals surface area (Å²) < 4.78 is 0. The van der Waals surface area contributed by atoms with E-state index in [1.54, 1.807) is 0 Å². The molecular formula is C18H21NO. The first-order valence-corrected chi connectivity index (χ1v) is 7.18. The van der Waals surface area contributed by atoms with Crippen molar-refractivity contribution in [2.24, 2.45) is 0 Å². The van der Waals surface area contributed by atoms with Gasteiger partial charge in [-0.2, -0.15) is 0 Å². The second-order valence-corrected chi connectivity index (χ2v) is 4.86. The highest BCUT2D eigenvalue weighted by Gasteiger charge is 2.08. The molecule has 20 heavy (non-hydrogen) atoms. The Bertz CT molecular complexity index is 575. The van der Waals surface area contributed by atoms with E-state index in [2.05, 4.69) is 25.2 Å². The van der Waals surface area contributed by atoms with Crippen LogP contribution in [0.1, 0.15) is 40.9 Å². The second kappa shape index (κ2) is 6.90. The molecule has 0 radical (unpaired) electrons. The Balaban J connectivity index is 2.06. The third-order valence-electron chi connectivity index (χ3n) is 3.53. The van der Waals surface area contributed by atoms with Gasteiger partial charge in [0, 0.05) is 12.1 Å². The molecule has 0 aliphatic carbocycles. The van der Waals surface area contributed by atoms with Crippen molar-refractivity contribution in [3.63, 3.8) is 0 Å². The number of hydrogen-bond acceptors (Lipinski definition) is 1. The second-order valence-electron chi connectivity index (χ2n) is 4.86. The molecule has 0 saturated carbocycles. The maximum atomic E-state index is 12.2. The van der Waals surface area contributed by atoms with Crippen molar-refractivity contribution in [2.75, 3.05) is 0 Å². The molecule has 1 N–H and O–H groups in total. The summed E-state index contributed by atoms with van der Waals surface area (Å²) in [7, 11) is 0. The summed E-state index contributed by atoms with van der Waals surface area (Å²) in [6.07, 6.45) is 1.97. The summed E-state index contributed by atoms with van der Waals surface area (Å²) in [6.45, 7) is 4.83. The minimum Gasteiger partial charge on any atom is -0.348 e. The lowest BCUT2D eigenvalue weighted by molar-refractivity contribution is 0.0951. The molecule has 2 nitrogen and oxygen atoms in total. The fourth-order valence-electron chi connectivity index (χ4n) is 2.32. The molecule has 0 saturated heterocycles. The maximum Gasteiger partial charge on any atom is 0.251 e. The average Bonchev–Trinajstić information content (AvgIpc) is 2.52. The summed E-state index contributed by atoms with van der Waals surface area (Å²) in [5.74, 6) is -0.00814. The first kappa shape index (κ1) is 14.3. The van der Waals surface area contributed by atoms with Crippen LogP contribution in [0, 0.1) is 0 Å². The quantitative estimate of drug-likeness (QED) is 0.878.